The summed E-state index contributed by atoms with van der Waals surface area (Å²) in [5, 5.41) is 3.31. The average molecular weight is 280 g/mol. The van der Waals surface area contributed by atoms with Gasteiger partial charge < -0.3 is 14.8 Å². The van der Waals surface area contributed by atoms with Crippen LogP contribution in [0.3, 0.4) is 0 Å². The van der Waals surface area contributed by atoms with Crippen LogP contribution in [-0.2, 0) is 6.54 Å². The Hall–Kier alpha value is -1.36. The molecule has 0 bridgehead atoms. The molecule has 5 heteroatoms. The van der Waals surface area contributed by atoms with E-state index in [1.54, 1.807) is 17.0 Å². The van der Waals surface area contributed by atoms with Crippen LogP contribution in [0.4, 0.5) is 5.82 Å². The van der Waals surface area contributed by atoms with Crippen molar-refractivity contribution in [1.82, 2.24) is 14.5 Å². The molecule has 1 aromatic rings. The van der Waals surface area contributed by atoms with Crippen LogP contribution < -0.4 is 10.9 Å². The smallest absolute Gasteiger partial charge is 0.293 e. The lowest BCUT2D eigenvalue weighted by atomic mass is 10.0. The summed E-state index contributed by atoms with van der Waals surface area (Å²) in [7, 11) is 4.07. The van der Waals surface area contributed by atoms with Gasteiger partial charge in [0.1, 0.15) is 0 Å². The largest absolute Gasteiger partial charge is 0.361 e. The normalized spacial score (nSPS) is 13.2. The second-order valence-electron chi connectivity index (χ2n) is 6.38. The van der Waals surface area contributed by atoms with Gasteiger partial charge in [-0.25, -0.2) is 4.98 Å². The van der Waals surface area contributed by atoms with Gasteiger partial charge in [-0.3, -0.25) is 4.79 Å². The number of likely N-dealkylation sites (N-methyl/N-ethyl adjacent to an activating group) is 1. The van der Waals surface area contributed by atoms with Crippen molar-refractivity contribution in [3.8, 4) is 0 Å². The molecule has 0 saturated heterocycles. The Morgan fingerprint density at radius 1 is 1.30 bits per heavy atom. The average Bonchev–Trinajstić information content (AvgIpc) is 2.32. The molecule has 1 unspecified atom stereocenters. The molecule has 1 atom stereocenters. The van der Waals surface area contributed by atoms with Gasteiger partial charge in [-0.15, -0.1) is 0 Å². The molecule has 0 amide bonds. The maximum Gasteiger partial charge on any atom is 0.293 e. The molecule has 0 fully saturated rings. The van der Waals surface area contributed by atoms with Crippen molar-refractivity contribution in [2.45, 2.75) is 40.3 Å². The molecule has 114 valence electrons. The molecule has 20 heavy (non-hydrogen) atoms. The second kappa shape index (κ2) is 7.43. The summed E-state index contributed by atoms with van der Waals surface area (Å²) in [6.07, 6.45) is 3.45. The molecule has 5 nitrogen and oxygen atoms in total. The van der Waals surface area contributed by atoms with E-state index >= 15 is 0 Å². The third-order valence-electron chi connectivity index (χ3n) is 3.16. The first-order valence-corrected chi connectivity index (χ1v) is 7.28. The van der Waals surface area contributed by atoms with Crippen molar-refractivity contribution in [3.63, 3.8) is 0 Å². The van der Waals surface area contributed by atoms with E-state index in [0.29, 0.717) is 17.7 Å². The Morgan fingerprint density at radius 2 is 1.95 bits per heavy atom. The third-order valence-corrected chi connectivity index (χ3v) is 3.16. The quantitative estimate of drug-likeness (QED) is 0.829. The van der Waals surface area contributed by atoms with Gasteiger partial charge in [-0.1, -0.05) is 27.7 Å². The zero-order chi connectivity index (χ0) is 15.3. The first-order valence-electron chi connectivity index (χ1n) is 7.28. The van der Waals surface area contributed by atoms with Crippen molar-refractivity contribution in [2.75, 3.05) is 26.0 Å². The lowest BCUT2D eigenvalue weighted by molar-refractivity contribution is 0.344. The summed E-state index contributed by atoms with van der Waals surface area (Å²) in [5.41, 5.74) is -0.0365. The number of nitrogens with zero attached hydrogens (tertiary/aromatic N) is 3. The summed E-state index contributed by atoms with van der Waals surface area (Å²) < 4.78 is 1.73. The molecular weight excluding hydrogens is 252 g/mol. The number of nitrogens with one attached hydrogen (secondary N) is 1. The van der Waals surface area contributed by atoms with Gasteiger partial charge in [0.15, 0.2) is 5.82 Å². The Morgan fingerprint density at radius 3 is 2.45 bits per heavy atom. The SMILES string of the molecule is CC(C)Cn1ccnc(NC(CN(C)C)C(C)C)c1=O. The number of hydrogen-bond acceptors (Lipinski definition) is 4. The summed E-state index contributed by atoms with van der Waals surface area (Å²) in [4.78, 5) is 18.7. The third kappa shape index (κ3) is 4.96. The predicted molar refractivity (Wildman–Crippen MR) is 84.1 cm³/mol. The highest BCUT2D eigenvalue weighted by Crippen LogP contribution is 2.08. The fourth-order valence-electron chi connectivity index (χ4n) is 2.08. The molecule has 0 spiro atoms. The van der Waals surface area contributed by atoms with Gasteiger partial charge in [-0.05, 0) is 25.9 Å². The minimum absolute atomic E-state index is 0.0365. The molecule has 0 aliphatic rings. The van der Waals surface area contributed by atoms with E-state index in [1.807, 2.05) is 14.1 Å². The van der Waals surface area contributed by atoms with Crippen molar-refractivity contribution < 1.29 is 0 Å². The Kier molecular flexibility index (Phi) is 6.20. The van der Waals surface area contributed by atoms with Crippen molar-refractivity contribution in [2.24, 2.45) is 11.8 Å². The molecule has 0 aliphatic carbocycles. The summed E-state index contributed by atoms with van der Waals surface area (Å²) in [6.45, 7) is 10.1. The fourth-order valence-corrected chi connectivity index (χ4v) is 2.08. The van der Waals surface area contributed by atoms with Gasteiger partial charge in [0.2, 0.25) is 0 Å². The van der Waals surface area contributed by atoms with Crippen LogP contribution >= 0.6 is 0 Å². The van der Waals surface area contributed by atoms with Crippen LogP contribution in [-0.4, -0.2) is 41.1 Å². The molecular formula is C15H28N4O. The lowest BCUT2D eigenvalue weighted by Gasteiger charge is -2.26. The van der Waals surface area contributed by atoms with E-state index < -0.39 is 0 Å². The zero-order valence-electron chi connectivity index (χ0n) is 13.6. The monoisotopic (exact) mass is 280 g/mol. The first kappa shape index (κ1) is 16.7. The summed E-state index contributed by atoms with van der Waals surface area (Å²) in [6, 6.07) is 0.208. The Balaban J connectivity index is 2.93. The molecule has 0 aliphatic heterocycles. The van der Waals surface area contributed by atoms with Crippen LogP contribution in [0.25, 0.3) is 0 Å². The molecule has 1 heterocycles. The van der Waals surface area contributed by atoms with Crippen LogP contribution in [0.2, 0.25) is 0 Å². The standard InChI is InChI=1S/C15H28N4O/c1-11(2)9-19-8-7-16-14(15(19)20)17-13(12(3)4)10-18(5)6/h7-8,11-13H,9-10H2,1-6H3,(H,16,17). The topological polar surface area (TPSA) is 50.2 Å². The minimum Gasteiger partial charge on any atom is -0.361 e. The summed E-state index contributed by atoms with van der Waals surface area (Å²) >= 11 is 0. The predicted octanol–water partition coefficient (Wildman–Crippen LogP) is 1.90. The van der Waals surface area contributed by atoms with E-state index in [2.05, 4.69) is 42.9 Å². The second-order valence-corrected chi connectivity index (χ2v) is 6.38. The van der Waals surface area contributed by atoms with Crippen LogP contribution in [0, 0.1) is 11.8 Å². The summed E-state index contributed by atoms with van der Waals surface area (Å²) in [5.74, 6) is 1.32. The van der Waals surface area contributed by atoms with E-state index in [0.717, 1.165) is 13.1 Å². The maximum atomic E-state index is 12.4. The number of hydrogen-bond donors (Lipinski definition) is 1. The highest BCUT2D eigenvalue weighted by atomic mass is 16.1. The van der Waals surface area contributed by atoms with Crippen molar-refractivity contribution in [1.29, 1.82) is 0 Å². The molecule has 1 N–H and O–H groups in total. The first-order chi connectivity index (χ1) is 9.31. The van der Waals surface area contributed by atoms with E-state index in [4.69, 9.17) is 0 Å². The van der Waals surface area contributed by atoms with E-state index in [9.17, 15) is 4.79 Å². The van der Waals surface area contributed by atoms with Gasteiger partial charge in [0.25, 0.3) is 5.56 Å². The number of aromatic nitrogens is 2. The van der Waals surface area contributed by atoms with Gasteiger partial charge in [0, 0.05) is 31.5 Å². The van der Waals surface area contributed by atoms with Crippen molar-refractivity contribution in [3.05, 3.63) is 22.7 Å². The molecule has 0 aromatic carbocycles. The minimum atomic E-state index is -0.0365. The number of rotatable bonds is 7. The highest BCUT2D eigenvalue weighted by Gasteiger charge is 2.17. The molecule has 1 rings (SSSR count). The Labute approximate surface area is 122 Å². The molecule has 1 aromatic heterocycles. The van der Waals surface area contributed by atoms with Gasteiger partial charge >= 0.3 is 0 Å². The van der Waals surface area contributed by atoms with Gasteiger partial charge in [-0.2, -0.15) is 0 Å². The lowest BCUT2D eigenvalue weighted by Crippen LogP contribution is -2.39. The van der Waals surface area contributed by atoms with Crippen LogP contribution in [0.15, 0.2) is 17.2 Å². The number of anilines is 1. The van der Waals surface area contributed by atoms with E-state index in [-0.39, 0.29) is 11.6 Å². The van der Waals surface area contributed by atoms with Crippen LogP contribution in [0.5, 0.6) is 0 Å². The Bertz CT molecular complexity index is 465. The van der Waals surface area contributed by atoms with Crippen molar-refractivity contribution >= 4 is 5.82 Å². The molecule has 0 radical (unpaired) electrons. The van der Waals surface area contributed by atoms with Crippen LogP contribution in [0.1, 0.15) is 27.7 Å². The highest BCUT2D eigenvalue weighted by molar-refractivity contribution is 5.32. The van der Waals surface area contributed by atoms with E-state index in [1.165, 1.54) is 0 Å². The van der Waals surface area contributed by atoms with Gasteiger partial charge in [0.05, 0.1) is 0 Å². The zero-order valence-corrected chi connectivity index (χ0v) is 13.6. The molecule has 0 saturated carbocycles. The maximum absolute atomic E-state index is 12.4. The fraction of sp³-hybridized carbons (Fsp3) is 0.733.